The minimum atomic E-state index is -3.53. The van der Waals surface area contributed by atoms with Gasteiger partial charge in [-0.1, -0.05) is 17.7 Å². The molecule has 2 heterocycles. The lowest BCUT2D eigenvalue weighted by molar-refractivity contribution is -0.116. The van der Waals surface area contributed by atoms with Gasteiger partial charge in [0.15, 0.2) is 0 Å². The highest BCUT2D eigenvalue weighted by Gasteiger charge is 2.26. The molecule has 10 heteroatoms. The van der Waals surface area contributed by atoms with Gasteiger partial charge in [0, 0.05) is 31.7 Å². The number of nitrogens with one attached hydrogen (secondary N) is 1. The van der Waals surface area contributed by atoms with Crippen molar-refractivity contribution in [3.8, 4) is 0 Å². The van der Waals surface area contributed by atoms with Gasteiger partial charge in [0.2, 0.25) is 15.9 Å². The van der Waals surface area contributed by atoms with Crippen molar-refractivity contribution in [3.05, 3.63) is 48.3 Å². The highest BCUT2D eigenvalue weighted by Crippen LogP contribution is 2.23. The molecule has 0 bridgehead atoms. The van der Waals surface area contributed by atoms with Gasteiger partial charge in [-0.05, 0) is 55.7 Å². The topological polar surface area (TPSA) is 97.2 Å². The van der Waals surface area contributed by atoms with E-state index in [-0.39, 0.29) is 17.2 Å². The first-order chi connectivity index (χ1) is 14.9. The Labute approximate surface area is 180 Å². The fraction of sp³-hybridized carbons (Fsp3) is 0.381. The molecule has 1 aliphatic rings. The molecule has 0 saturated carbocycles. The van der Waals surface area contributed by atoms with Crippen LogP contribution in [-0.2, 0) is 21.4 Å². The monoisotopic (exact) mass is 445 g/mol. The van der Waals surface area contributed by atoms with Crippen LogP contribution in [0.3, 0.4) is 0 Å². The Bertz CT molecular complexity index is 1190. The zero-order valence-corrected chi connectivity index (χ0v) is 17.8. The molecular weight excluding hydrogens is 421 g/mol. The summed E-state index contributed by atoms with van der Waals surface area (Å²) in [6.07, 6.45) is 3.56. The molecule has 0 spiro atoms. The number of hydrogen-bond donors (Lipinski definition) is 1. The molecule has 1 amide bonds. The van der Waals surface area contributed by atoms with Gasteiger partial charge in [-0.3, -0.25) is 4.79 Å². The molecule has 0 aliphatic carbocycles. The number of carbonyl (C=O) groups excluding carboxylic acids is 1. The number of nitrogens with zero attached hydrogens (tertiary/aromatic N) is 4. The van der Waals surface area contributed by atoms with Crippen LogP contribution < -0.4 is 5.32 Å². The Morgan fingerprint density at radius 1 is 1.10 bits per heavy atom. The van der Waals surface area contributed by atoms with Crippen LogP contribution in [0.2, 0.25) is 0 Å². The molecule has 1 N–H and O–H groups in total. The molecular formula is C21H24FN5O3S. The van der Waals surface area contributed by atoms with Crippen LogP contribution in [0.1, 0.15) is 32.1 Å². The maximum Gasteiger partial charge on any atom is 0.243 e. The number of sulfonamides is 1. The summed E-state index contributed by atoms with van der Waals surface area (Å²) in [6.45, 7) is 1.54. The summed E-state index contributed by atoms with van der Waals surface area (Å²) < 4.78 is 42.1. The Hall–Kier alpha value is -2.85. The zero-order chi connectivity index (χ0) is 21.8. The minimum Gasteiger partial charge on any atom is -0.326 e. The number of fused-ring (bicyclic) bond motifs is 1. The molecule has 8 nitrogen and oxygen atoms in total. The van der Waals surface area contributed by atoms with Crippen LogP contribution in [0.25, 0.3) is 11.0 Å². The average Bonchev–Trinajstić information content (AvgIpc) is 3.17. The molecule has 0 radical (unpaired) electrons. The maximum atomic E-state index is 13.2. The highest BCUT2D eigenvalue weighted by molar-refractivity contribution is 7.89. The van der Waals surface area contributed by atoms with Crippen molar-refractivity contribution in [2.45, 2.75) is 43.5 Å². The zero-order valence-electron chi connectivity index (χ0n) is 17.0. The molecule has 0 atom stereocenters. The second-order valence-corrected chi connectivity index (χ2v) is 9.53. The molecule has 1 aliphatic heterocycles. The first kappa shape index (κ1) is 21.4. The molecule has 0 unspecified atom stereocenters. The molecule has 31 heavy (non-hydrogen) atoms. The first-order valence-electron chi connectivity index (χ1n) is 10.3. The van der Waals surface area contributed by atoms with E-state index in [1.165, 1.54) is 22.5 Å². The van der Waals surface area contributed by atoms with Gasteiger partial charge >= 0.3 is 0 Å². The number of benzene rings is 2. The number of aromatic nitrogens is 3. The van der Waals surface area contributed by atoms with Crippen LogP contribution in [0.4, 0.5) is 10.1 Å². The smallest absolute Gasteiger partial charge is 0.243 e. The van der Waals surface area contributed by atoms with E-state index in [2.05, 4.69) is 15.6 Å². The summed E-state index contributed by atoms with van der Waals surface area (Å²) >= 11 is 0. The molecule has 1 saturated heterocycles. The Kier molecular flexibility index (Phi) is 6.28. The lowest BCUT2D eigenvalue weighted by Crippen LogP contribution is -2.35. The van der Waals surface area contributed by atoms with Gasteiger partial charge in [0.25, 0.3) is 0 Å². The number of aryl methyl sites for hydroxylation is 1. The number of carbonyl (C=O) groups is 1. The second-order valence-electron chi connectivity index (χ2n) is 7.59. The van der Waals surface area contributed by atoms with Gasteiger partial charge in [0.1, 0.15) is 11.3 Å². The van der Waals surface area contributed by atoms with Crippen molar-refractivity contribution >= 4 is 32.7 Å². The lowest BCUT2D eigenvalue weighted by atomic mass is 10.2. The summed E-state index contributed by atoms with van der Waals surface area (Å²) in [5.74, 6) is -0.626. The van der Waals surface area contributed by atoms with E-state index in [1.54, 1.807) is 28.9 Å². The van der Waals surface area contributed by atoms with E-state index >= 15 is 0 Å². The predicted molar refractivity (Wildman–Crippen MR) is 114 cm³/mol. The number of amides is 1. The third-order valence-electron chi connectivity index (χ3n) is 5.32. The third kappa shape index (κ3) is 4.91. The van der Waals surface area contributed by atoms with Gasteiger partial charge in [-0.25, -0.2) is 17.5 Å². The Morgan fingerprint density at radius 2 is 1.90 bits per heavy atom. The van der Waals surface area contributed by atoms with E-state index in [9.17, 15) is 17.6 Å². The fourth-order valence-electron chi connectivity index (χ4n) is 3.71. The normalized spacial score (nSPS) is 15.3. The van der Waals surface area contributed by atoms with E-state index in [4.69, 9.17) is 0 Å². The predicted octanol–water partition coefficient (Wildman–Crippen LogP) is 3.16. The number of anilines is 1. The standard InChI is InChI=1S/C21H24FN5O3S/c22-16-6-4-7-17(14-16)23-21(28)8-5-13-27-20-10-9-18(15-19(20)24-25-27)31(29,30)26-11-2-1-3-12-26/h4,6-7,9-10,14-15H,1-3,5,8,11-13H2,(H,23,28). The van der Waals surface area contributed by atoms with E-state index in [0.29, 0.717) is 42.8 Å². The van der Waals surface area contributed by atoms with E-state index in [0.717, 1.165) is 19.3 Å². The van der Waals surface area contributed by atoms with E-state index < -0.39 is 15.8 Å². The summed E-state index contributed by atoms with van der Waals surface area (Å²) in [5.41, 5.74) is 1.63. The minimum absolute atomic E-state index is 0.218. The van der Waals surface area contributed by atoms with Crippen molar-refractivity contribution in [1.29, 1.82) is 0 Å². The highest BCUT2D eigenvalue weighted by atomic mass is 32.2. The van der Waals surface area contributed by atoms with Crippen LogP contribution in [0, 0.1) is 5.82 Å². The van der Waals surface area contributed by atoms with Crippen LogP contribution in [0.5, 0.6) is 0 Å². The number of hydrogen-bond acceptors (Lipinski definition) is 5. The Morgan fingerprint density at radius 3 is 2.68 bits per heavy atom. The van der Waals surface area contributed by atoms with Crippen molar-refractivity contribution in [1.82, 2.24) is 19.3 Å². The second kappa shape index (κ2) is 9.11. The van der Waals surface area contributed by atoms with Gasteiger partial charge < -0.3 is 5.32 Å². The lowest BCUT2D eigenvalue weighted by Gasteiger charge is -2.25. The quantitative estimate of drug-likeness (QED) is 0.603. The van der Waals surface area contributed by atoms with Gasteiger partial charge in [0.05, 0.1) is 10.4 Å². The molecule has 4 rings (SSSR count). The summed E-state index contributed by atoms with van der Waals surface area (Å²) in [4.78, 5) is 12.3. The maximum absolute atomic E-state index is 13.2. The SMILES string of the molecule is O=C(CCCn1nnc2cc(S(=O)(=O)N3CCCCC3)ccc21)Nc1cccc(F)c1. The first-order valence-corrected chi connectivity index (χ1v) is 11.8. The summed E-state index contributed by atoms with van der Waals surface area (Å²) in [6, 6.07) is 10.6. The van der Waals surface area contributed by atoms with Crippen LogP contribution in [-0.4, -0.2) is 46.7 Å². The average molecular weight is 446 g/mol. The van der Waals surface area contributed by atoms with Crippen LogP contribution >= 0.6 is 0 Å². The van der Waals surface area contributed by atoms with Crippen molar-refractivity contribution in [2.24, 2.45) is 0 Å². The fourth-order valence-corrected chi connectivity index (χ4v) is 5.25. The van der Waals surface area contributed by atoms with Crippen LogP contribution in [0.15, 0.2) is 47.4 Å². The van der Waals surface area contributed by atoms with Crippen molar-refractivity contribution < 1.29 is 17.6 Å². The molecule has 3 aromatic rings. The largest absolute Gasteiger partial charge is 0.326 e. The molecule has 2 aromatic carbocycles. The summed E-state index contributed by atoms with van der Waals surface area (Å²) in [5, 5.41) is 10.9. The molecule has 1 aromatic heterocycles. The van der Waals surface area contributed by atoms with E-state index in [1.807, 2.05) is 0 Å². The number of rotatable bonds is 7. The van der Waals surface area contributed by atoms with Gasteiger partial charge in [-0.15, -0.1) is 5.10 Å². The van der Waals surface area contributed by atoms with Gasteiger partial charge in [-0.2, -0.15) is 4.31 Å². The molecule has 164 valence electrons. The molecule has 1 fully saturated rings. The Balaban J connectivity index is 1.38. The number of halogens is 1. The summed E-state index contributed by atoms with van der Waals surface area (Å²) in [7, 11) is -3.53. The van der Waals surface area contributed by atoms with Crippen molar-refractivity contribution in [2.75, 3.05) is 18.4 Å². The van der Waals surface area contributed by atoms with Crippen molar-refractivity contribution in [3.63, 3.8) is 0 Å². The number of piperidine rings is 1. The third-order valence-corrected chi connectivity index (χ3v) is 7.21.